The Balaban J connectivity index is 2.43. The third-order valence-corrected chi connectivity index (χ3v) is 3.96. The van der Waals surface area contributed by atoms with E-state index in [2.05, 4.69) is 0 Å². The fraction of sp³-hybridized carbons (Fsp3) is 0.476. The van der Waals surface area contributed by atoms with E-state index in [9.17, 15) is 15.0 Å². The van der Waals surface area contributed by atoms with E-state index < -0.39 is 17.6 Å². The number of benzene rings is 1. The van der Waals surface area contributed by atoms with Crippen molar-refractivity contribution in [1.82, 2.24) is 4.57 Å². The lowest BCUT2D eigenvalue weighted by atomic mass is 10.0. The van der Waals surface area contributed by atoms with E-state index in [4.69, 9.17) is 4.74 Å². The summed E-state index contributed by atoms with van der Waals surface area (Å²) in [6, 6.07) is 10.2. The van der Waals surface area contributed by atoms with Crippen LogP contribution in [0, 0.1) is 5.92 Å². The average molecular weight is 359 g/mol. The Kier molecular flexibility index (Phi) is 6.01. The number of ether oxygens (including phenoxy) is 1. The van der Waals surface area contributed by atoms with Gasteiger partial charge in [0.05, 0.1) is 0 Å². The molecule has 0 fully saturated rings. The lowest BCUT2D eigenvalue weighted by Crippen LogP contribution is -2.31. The second kappa shape index (κ2) is 7.85. The highest BCUT2D eigenvalue weighted by molar-refractivity contribution is 5.76. The highest BCUT2D eigenvalue weighted by Crippen LogP contribution is 2.35. The number of nitrogens with zero attached hydrogens (tertiary/aromatic N) is 1. The Labute approximate surface area is 155 Å². The molecule has 26 heavy (non-hydrogen) atoms. The van der Waals surface area contributed by atoms with E-state index in [-0.39, 0.29) is 11.8 Å². The Bertz CT molecular complexity index is 741. The van der Waals surface area contributed by atoms with Crippen LogP contribution in [0.4, 0.5) is 0 Å². The van der Waals surface area contributed by atoms with Crippen molar-refractivity contribution >= 4 is 5.97 Å². The minimum atomic E-state index is -0.850. The lowest BCUT2D eigenvalue weighted by molar-refractivity contribution is -0.159. The van der Waals surface area contributed by atoms with Gasteiger partial charge in [-0.15, -0.1) is 0 Å². The maximum Gasteiger partial charge on any atom is 0.330 e. The van der Waals surface area contributed by atoms with E-state index in [1.165, 1.54) is 10.6 Å². The van der Waals surface area contributed by atoms with Crippen molar-refractivity contribution in [2.24, 2.45) is 5.92 Å². The third-order valence-electron chi connectivity index (χ3n) is 3.96. The molecule has 0 unspecified atom stereocenters. The van der Waals surface area contributed by atoms with Crippen molar-refractivity contribution in [3.05, 3.63) is 47.5 Å². The maximum absolute atomic E-state index is 12.8. The van der Waals surface area contributed by atoms with Crippen molar-refractivity contribution in [2.75, 3.05) is 0 Å². The molecule has 2 N–H and O–H groups in total. The van der Waals surface area contributed by atoms with Gasteiger partial charge in [0.25, 0.3) is 0 Å². The number of rotatable bonds is 6. The monoisotopic (exact) mass is 359 g/mol. The van der Waals surface area contributed by atoms with Crippen LogP contribution in [0.15, 0.2) is 36.4 Å². The number of aromatic nitrogens is 1. The number of aromatic hydroxyl groups is 2. The molecular weight excluding hydrogens is 330 g/mol. The summed E-state index contributed by atoms with van der Waals surface area (Å²) in [5, 5.41) is 21.1. The van der Waals surface area contributed by atoms with Crippen LogP contribution in [0.25, 0.3) is 0 Å². The van der Waals surface area contributed by atoms with Gasteiger partial charge in [-0.1, -0.05) is 44.2 Å². The van der Waals surface area contributed by atoms with Crippen LogP contribution in [0.3, 0.4) is 0 Å². The summed E-state index contributed by atoms with van der Waals surface area (Å²) in [6.45, 7) is 9.45. The van der Waals surface area contributed by atoms with Gasteiger partial charge in [-0.05, 0) is 38.7 Å². The molecule has 0 aliphatic carbocycles. The number of esters is 1. The smallest absolute Gasteiger partial charge is 0.330 e. The molecule has 1 aromatic carbocycles. The summed E-state index contributed by atoms with van der Waals surface area (Å²) < 4.78 is 6.82. The van der Waals surface area contributed by atoms with E-state index in [1.807, 2.05) is 44.2 Å². The molecule has 1 aromatic heterocycles. The van der Waals surface area contributed by atoms with Crippen molar-refractivity contribution in [3.8, 4) is 11.8 Å². The van der Waals surface area contributed by atoms with Crippen LogP contribution >= 0.6 is 0 Å². The van der Waals surface area contributed by atoms with Crippen LogP contribution in [0.2, 0.25) is 0 Å². The fourth-order valence-electron chi connectivity index (χ4n) is 2.94. The van der Waals surface area contributed by atoms with E-state index in [0.29, 0.717) is 24.3 Å². The Hall–Kier alpha value is -2.43. The molecule has 142 valence electrons. The SMILES string of the molecule is CC(C)Cc1cc(O)n([C@@H](Cc2ccccc2)C(=O)OC(C)(C)C)c1O. The molecule has 5 heteroatoms. The van der Waals surface area contributed by atoms with Crippen LogP contribution in [-0.4, -0.2) is 26.4 Å². The molecule has 0 aliphatic rings. The largest absolute Gasteiger partial charge is 0.494 e. The predicted octanol–water partition coefficient (Wildman–Crippen LogP) is 4.22. The van der Waals surface area contributed by atoms with Crippen molar-refractivity contribution in [3.63, 3.8) is 0 Å². The number of hydrogen-bond acceptors (Lipinski definition) is 4. The zero-order chi connectivity index (χ0) is 19.5. The molecule has 1 heterocycles. The summed E-state index contributed by atoms with van der Waals surface area (Å²) in [5.74, 6) is -0.392. The minimum Gasteiger partial charge on any atom is -0.494 e. The summed E-state index contributed by atoms with van der Waals surface area (Å²) in [6.07, 6.45) is 0.922. The second-order valence-electron chi connectivity index (χ2n) is 8.06. The number of hydrogen-bond donors (Lipinski definition) is 2. The first kappa shape index (κ1) is 19.9. The predicted molar refractivity (Wildman–Crippen MR) is 101 cm³/mol. The zero-order valence-electron chi connectivity index (χ0n) is 16.2. The van der Waals surface area contributed by atoms with Gasteiger partial charge in [0.15, 0.2) is 11.8 Å². The molecule has 0 spiro atoms. The first-order valence-corrected chi connectivity index (χ1v) is 8.97. The molecule has 2 aromatic rings. The average Bonchev–Trinajstić information content (AvgIpc) is 2.78. The molecule has 0 saturated carbocycles. The fourth-order valence-corrected chi connectivity index (χ4v) is 2.94. The van der Waals surface area contributed by atoms with Gasteiger partial charge in [0, 0.05) is 18.1 Å². The van der Waals surface area contributed by atoms with Gasteiger partial charge in [0.1, 0.15) is 11.6 Å². The topological polar surface area (TPSA) is 71.7 Å². The molecular formula is C21H29NO4. The van der Waals surface area contributed by atoms with E-state index >= 15 is 0 Å². The quantitative estimate of drug-likeness (QED) is 0.758. The molecule has 1 atom stereocenters. The van der Waals surface area contributed by atoms with Crippen LogP contribution < -0.4 is 0 Å². The Morgan fingerprint density at radius 3 is 2.27 bits per heavy atom. The second-order valence-corrected chi connectivity index (χ2v) is 8.06. The van der Waals surface area contributed by atoms with Crippen molar-refractivity contribution < 1.29 is 19.7 Å². The first-order valence-electron chi connectivity index (χ1n) is 8.97. The first-order chi connectivity index (χ1) is 12.1. The summed E-state index contributed by atoms with van der Waals surface area (Å²) in [4.78, 5) is 12.8. The highest BCUT2D eigenvalue weighted by Gasteiger charge is 2.31. The molecule has 0 saturated heterocycles. The molecule has 2 rings (SSSR count). The van der Waals surface area contributed by atoms with Crippen LogP contribution in [0.1, 0.15) is 51.8 Å². The van der Waals surface area contributed by atoms with E-state index in [0.717, 1.165) is 5.56 Å². The summed E-state index contributed by atoms with van der Waals surface area (Å²) >= 11 is 0. The molecule has 0 bridgehead atoms. The van der Waals surface area contributed by atoms with Gasteiger partial charge in [0.2, 0.25) is 0 Å². The molecule has 0 radical (unpaired) electrons. The van der Waals surface area contributed by atoms with Gasteiger partial charge in [-0.25, -0.2) is 4.79 Å². The van der Waals surface area contributed by atoms with Crippen LogP contribution in [-0.2, 0) is 22.4 Å². The van der Waals surface area contributed by atoms with Crippen LogP contribution in [0.5, 0.6) is 11.8 Å². The summed E-state index contributed by atoms with van der Waals surface area (Å²) in [5.41, 5.74) is 0.880. The molecule has 0 amide bonds. The van der Waals surface area contributed by atoms with E-state index in [1.54, 1.807) is 20.8 Å². The summed E-state index contributed by atoms with van der Waals surface area (Å²) in [7, 11) is 0. The normalized spacial score (nSPS) is 13.0. The number of carbonyl (C=O) groups is 1. The van der Waals surface area contributed by atoms with Crippen molar-refractivity contribution in [2.45, 2.75) is 59.1 Å². The lowest BCUT2D eigenvalue weighted by Gasteiger charge is -2.25. The minimum absolute atomic E-state index is 0.0806. The maximum atomic E-state index is 12.8. The highest BCUT2D eigenvalue weighted by atomic mass is 16.6. The van der Waals surface area contributed by atoms with Gasteiger partial charge < -0.3 is 14.9 Å². The van der Waals surface area contributed by atoms with Gasteiger partial charge in [-0.3, -0.25) is 4.57 Å². The van der Waals surface area contributed by atoms with Gasteiger partial charge >= 0.3 is 5.97 Å². The molecule has 0 aliphatic heterocycles. The van der Waals surface area contributed by atoms with Crippen molar-refractivity contribution in [1.29, 1.82) is 0 Å². The Morgan fingerprint density at radius 2 is 1.73 bits per heavy atom. The zero-order valence-corrected chi connectivity index (χ0v) is 16.2. The van der Waals surface area contributed by atoms with Gasteiger partial charge in [-0.2, -0.15) is 0 Å². The number of carbonyl (C=O) groups excluding carboxylic acids is 1. The molecule has 5 nitrogen and oxygen atoms in total. The third kappa shape index (κ3) is 5.04. The standard InChI is InChI=1S/C21H29NO4/c1-14(2)11-16-13-18(23)22(19(16)24)17(20(25)26-21(3,4)5)12-15-9-7-6-8-10-15/h6-10,13-14,17,23-24H,11-12H2,1-5H3/t17-/m0/s1. The Morgan fingerprint density at radius 1 is 1.12 bits per heavy atom.